The third-order valence-corrected chi connectivity index (χ3v) is 2.80. The maximum absolute atomic E-state index is 5.51. The highest BCUT2D eigenvalue weighted by molar-refractivity contribution is 7.99. The SMILES string of the molecule is COC(C)CSc1ccc(N)cn1. The van der Waals surface area contributed by atoms with Gasteiger partial charge >= 0.3 is 0 Å². The molecule has 0 saturated carbocycles. The molecular weight excluding hydrogens is 184 g/mol. The molecule has 0 radical (unpaired) electrons. The lowest BCUT2D eigenvalue weighted by molar-refractivity contribution is 0.138. The third kappa shape index (κ3) is 3.65. The van der Waals surface area contributed by atoms with E-state index >= 15 is 0 Å². The topological polar surface area (TPSA) is 48.1 Å². The Hall–Kier alpha value is -0.740. The summed E-state index contributed by atoms with van der Waals surface area (Å²) in [7, 11) is 1.71. The van der Waals surface area contributed by atoms with Crippen LogP contribution in [0.25, 0.3) is 0 Å². The minimum Gasteiger partial charge on any atom is -0.397 e. The summed E-state index contributed by atoms with van der Waals surface area (Å²) < 4.78 is 5.12. The summed E-state index contributed by atoms with van der Waals surface area (Å²) in [5.41, 5.74) is 6.21. The number of nitrogens with two attached hydrogens (primary N) is 1. The van der Waals surface area contributed by atoms with Crippen molar-refractivity contribution in [2.75, 3.05) is 18.6 Å². The Morgan fingerprint density at radius 2 is 2.38 bits per heavy atom. The van der Waals surface area contributed by atoms with Crippen molar-refractivity contribution in [3.63, 3.8) is 0 Å². The van der Waals surface area contributed by atoms with E-state index in [9.17, 15) is 0 Å². The average molecular weight is 198 g/mol. The molecule has 4 heteroatoms. The molecule has 0 saturated heterocycles. The molecule has 1 unspecified atom stereocenters. The van der Waals surface area contributed by atoms with Gasteiger partial charge in [-0.2, -0.15) is 0 Å². The van der Waals surface area contributed by atoms with E-state index in [0.29, 0.717) is 5.69 Å². The minimum absolute atomic E-state index is 0.254. The molecule has 1 aromatic heterocycles. The molecule has 0 spiro atoms. The number of methoxy groups -OCH3 is 1. The molecule has 72 valence electrons. The largest absolute Gasteiger partial charge is 0.397 e. The molecule has 1 aromatic rings. The van der Waals surface area contributed by atoms with E-state index in [0.717, 1.165) is 10.8 Å². The first-order valence-electron chi connectivity index (χ1n) is 4.09. The normalized spacial score (nSPS) is 12.8. The van der Waals surface area contributed by atoms with Gasteiger partial charge in [0.05, 0.1) is 23.0 Å². The highest BCUT2D eigenvalue weighted by Crippen LogP contribution is 2.17. The Bertz CT molecular complexity index is 250. The second-order valence-electron chi connectivity index (χ2n) is 2.79. The van der Waals surface area contributed by atoms with Gasteiger partial charge in [0.25, 0.3) is 0 Å². The van der Waals surface area contributed by atoms with E-state index in [-0.39, 0.29) is 6.10 Å². The fourth-order valence-electron chi connectivity index (χ4n) is 0.748. The predicted molar refractivity (Wildman–Crippen MR) is 55.8 cm³/mol. The molecule has 0 fully saturated rings. The van der Waals surface area contributed by atoms with Gasteiger partial charge in [0.15, 0.2) is 0 Å². The van der Waals surface area contributed by atoms with Crippen LogP contribution in [0.2, 0.25) is 0 Å². The van der Waals surface area contributed by atoms with Crippen LogP contribution in [-0.2, 0) is 4.74 Å². The second kappa shape index (κ2) is 5.09. The first-order chi connectivity index (χ1) is 6.22. The van der Waals surface area contributed by atoms with Crippen LogP contribution < -0.4 is 5.73 Å². The molecule has 3 nitrogen and oxygen atoms in total. The number of hydrogen-bond donors (Lipinski definition) is 1. The van der Waals surface area contributed by atoms with Crippen molar-refractivity contribution in [3.8, 4) is 0 Å². The molecule has 0 aliphatic carbocycles. The number of aromatic nitrogens is 1. The van der Waals surface area contributed by atoms with Gasteiger partial charge in [-0.15, -0.1) is 11.8 Å². The maximum atomic E-state index is 5.51. The van der Waals surface area contributed by atoms with Gasteiger partial charge < -0.3 is 10.5 Å². The standard InChI is InChI=1S/C9H14N2OS/c1-7(12-2)6-13-9-4-3-8(10)5-11-9/h3-5,7H,6,10H2,1-2H3. The molecule has 0 amide bonds. The van der Waals surface area contributed by atoms with Crippen molar-refractivity contribution in [1.29, 1.82) is 0 Å². The van der Waals surface area contributed by atoms with Gasteiger partial charge in [-0.25, -0.2) is 4.98 Å². The number of nitrogens with zero attached hydrogens (tertiary/aromatic N) is 1. The van der Waals surface area contributed by atoms with Crippen LogP contribution in [0.3, 0.4) is 0 Å². The zero-order valence-corrected chi connectivity index (χ0v) is 8.67. The minimum atomic E-state index is 0.254. The van der Waals surface area contributed by atoms with E-state index < -0.39 is 0 Å². The number of thioether (sulfide) groups is 1. The molecular formula is C9H14N2OS. The Kier molecular flexibility index (Phi) is 4.05. The van der Waals surface area contributed by atoms with Gasteiger partial charge in [0, 0.05) is 12.9 Å². The maximum Gasteiger partial charge on any atom is 0.0962 e. The van der Waals surface area contributed by atoms with Crippen LogP contribution in [0.4, 0.5) is 5.69 Å². The van der Waals surface area contributed by atoms with Crippen LogP contribution in [0.15, 0.2) is 23.4 Å². The van der Waals surface area contributed by atoms with Crippen molar-refractivity contribution >= 4 is 17.4 Å². The highest BCUT2D eigenvalue weighted by atomic mass is 32.2. The summed E-state index contributed by atoms with van der Waals surface area (Å²) in [6.07, 6.45) is 1.92. The van der Waals surface area contributed by atoms with E-state index in [1.54, 1.807) is 25.1 Å². The summed E-state index contributed by atoms with van der Waals surface area (Å²) in [5, 5.41) is 0.984. The van der Waals surface area contributed by atoms with Crippen molar-refractivity contribution < 1.29 is 4.74 Å². The molecule has 2 N–H and O–H groups in total. The first kappa shape index (κ1) is 10.3. The van der Waals surface area contributed by atoms with Crippen molar-refractivity contribution in [2.45, 2.75) is 18.1 Å². The zero-order valence-electron chi connectivity index (χ0n) is 7.86. The Labute approximate surface area is 82.7 Å². The molecule has 0 aromatic carbocycles. The van der Waals surface area contributed by atoms with Gasteiger partial charge in [-0.1, -0.05) is 0 Å². The van der Waals surface area contributed by atoms with Gasteiger partial charge in [0.2, 0.25) is 0 Å². The number of pyridine rings is 1. The van der Waals surface area contributed by atoms with Gasteiger partial charge in [0.1, 0.15) is 0 Å². The molecule has 0 bridgehead atoms. The zero-order chi connectivity index (χ0) is 9.68. The van der Waals surface area contributed by atoms with Crippen LogP contribution in [0.1, 0.15) is 6.92 Å². The smallest absolute Gasteiger partial charge is 0.0962 e. The van der Waals surface area contributed by atoms with E-state index in [2.05, 4.69) is 4.98 Å². The van der Waals surface area contributed by atoms with E-state index in [4.69, 9.17) is 10.5 Å². The number of rotatable bonds is 4. The Morgan fingerprint density at radius 1 is 1.62 bits per heavy atom. The van der Waals surface area contributed by atoms with Gasteiger partial charge in [-0.3, -0.25) is 0 Å². The summed E-state index contributed by atoms with van der Waals surface area (Å²) in [6, 6.07) is 3.77. The summed E-state index contributed by atoms with van der Waals surface area (Å²) in [5.74, 6) is 0.910. The Balaban J connectivity index is 2.41. The third-order valence-electron chi connectivity index (χ3n) is 1.63. The highest BCUT2D eigenvalue weighted by Gasteiger charge is 2.01. The van der Waals surface area contributed by atoms with E-state index in [1.165, 1.54) is 0 Å². The molecule has 1 rings (SSSR count). The summed E-state index contributed by atoms with van der Waals surface area (Å²) in [4.78, 5) is 4.17. The average Bonchev–Trinajstić information content (AvgIpc) is 2.16. The molecule has 0 aliphatic rings. The lowest BCUT2D eigenvalue weighted by Gasteiger charge is -2.07. The van der Waals surface area contributed by atoms with E-state index in [1.807, 2.05) is 19.1 Å². The number of ether oxygens (including phenoxy) is 1. The monoisotopic (exact) mass is 198 g/mol. The number of anilines is 1. The molecule has 0 aliphatic heterocycles. The Morgan fingerprint density at radius 3 is 2.92 bits per heavy atom. The fourth-order valence-corrected chi connectivity index (χ4v) is 1.58. The van der Waals surface area contributed by atoms with Crippen molar-refractivity contribution in [3.05, 3.63) is 18.3 Å². The fraction of sp³-hybridized carbons (Fsp3) is 0.444. The van der Waals surface area contributed by atoms with Crippen LogP contribution in [0.5, 0.6) is 0 Å². The number of hydrogen-bond acceptors (Lipinski definition) is 4. The molecule has 1 heterocycles. The van der Waals surface area contributed by atoms with Crippen LogP contribution in [0, 0.1) is 0 Å². The van der Waals surface area contributed by atoms with Gasteiger partial charge in [-0.05, 0) is 19.1 Å². The summed E-state index contributed by atoms with van der Waals surface area (Å²) in [6.45, 7) is 2.03. The molecule has 13 heavy (non-hydrogen) atoms. The first-order valence-corrected chi connectivity index (χ1v) is 5.08. The van der Waals surface area contributed by atoms with Crippen LogP contribution in [-0.4, -0.2) is 24.0 Å². The summed E-state index contributed by atoms with van der Waals surface area (Å²) >= 11 is 1.67. The van der Waals surface area contributed by atoms with Crippen LogP contribution >= 0.6 is 11.8 Å². The lowest BCUT2D eigenvalue weighted by atomic mass is 10.4. The van der Waals surface area contributed by atoms with Crippen molar-refractivity contribution in [2.24, 2.45) is 0 Å². The second-order valence-corrected chi connectivity index (χ2v) is 3.83. The lowest BCUT2D eigenvalue weighted by Crippen LogP contribution is -2.07. The molecule has 1 atom stereocenters. The van der Waals surface area contributed by atoms with Crippen molar-refractivity contribution in [1.82, 2.24) is 4.98 Å². The predicted octanol–water partition coefficient (Wildman–Crippen LogP) is 1.79. The number of nitrogen functional groups attached to an aromatic ring is 1. The quantitative estimate of drug-likeness (QED) is 0.749.